The predicted octanol–water partition coefficient (Wildman–Crippen LogP) is 1.33. The van der Waals surface area contributed by atoms with Crippen molar-refractivity contribution in [2.24, 2.45) is 5.73 Å². The fourth-order valence-corrected chi connectivity index (χ4v) is 3.00. The van der Waals surface area contributed by atoms with E-state index in [0.29, 0.717) is 19.6 Å². The molecular formula is C17H23N5OS. The number of rotatable bonds is 6. The van der Waals surface area contributed by atoms with Gasteiger partial charge >= 0.3 is 0 Å². The lowest BCUT2D eigenvalue weighted by Crippen LogP contribution is -2.50. The first-order valence-corrected chi connectivity index (χ1v) is 9.13. The number of amides is 1. The van der Waals surface area contributed by atoms with Crippen LogP contribution in [0.5, 0.6) is 0 Å². The fraction of sp³-hybridized carbons (Fsp3) is 0.412. The van der Waals surface area contributed by atoms with Crippen molar-refractivity contribution in [1.82, 2.24) is 9.80 Å². The average Bonchev–Trinajstić information content (AvgIpc) is 2.63. The molecule has 3 N–H and O–H groups in total. The van der Waals surface area contributed by atoms with Crippen molar-refractivity contribution in [3.63, 3.8) is 0 Å². The Balaban J connectivity index is 1.97. The molecule has 0 saturated carbocycles. The maximum atomic E-state index is 12.5. The third kappa shape index (κ3) is 4.99. The molecule has 128 valence electrons. The van der Waals surface area contributed by atoms with Crippen LogP contribution >= 0.6 is 11.8 Å². The van der Waals surface area contributed by atoms with Gasteiger partial charge in [0.1, 0.15) is 11.6 Å². The smallest absolute Gasteiger partial charge is 0.266 e. The molecule has 0 bridgehead atoms. The Labute approximate surface area is 147 Å². The van der Waals surface area contributed by atoms with Gasteiger partial charge in [-0.3, -0.25) is 9.69 Å². The Morgan fingerprint density at radius 2 is 2.17 bits per heavy atom. The molecule has 1 saturated heterocycles. The van der Waals surface area contributed by atoms with Gasteiger partial charge in [0.25, 0.3) is 5.91 Å². The first-order chi connectivity index (χ1) is 11.7. The van der Waals surface area contributed by atoms with Crippen LogP contribution in [-0.2, 0) is 4.79 Å². The summed E-state index contributed by atoms with van der Waals surface area (Å²) >= 11 is 1.64. The van der Waals surface area contributed by atoms with Crippen molar-refractivity contribution in [3.8, 4) is 6.07 Å². The molecule has 2 rings (SSSR count). The number of carbonyl (C=O) groups excluding carboxylic acids is 1. The minimum atomic E-state index is -0.224. The highest BCUT2D eigenvalue weighted by Crippen LogP contribution is 2.19. The van der Waals surface area contributed by atoms with Crippen LogP contribution in [0.2, 0.25) is 0 Å². The number of hydrogen-bond acceptors (Lipinski definition) is 6. The molecule has 7 heteroatoms. The van der Waals surface area contributed by atoms with Gasteiger partial charge in [-0.1, -0.05) is 6.07 Å². The van der Waals surface area contributed by atoms with Crippen LogP contribution in [0.1, 0.15) is 0 Å². The van der Waals surface area contributed by atoms with E-state index in [1.165, 1.54) is 6.20 Å². The number of nitrogens with one attached hydrogen (secondary N) is 1. The summed E-state index contributed by atoms with van der Waals surface area (Å²) in [4.78, 5) is 17.6. The number of thioether (sulfide) groups is 1. The van der Waals surface area contributed by atoms with Crippen LogP contribution in [0.3, 0.4) is 0 Å². The number of hydrogen-bond donors (Lipinski definition) is 2. The second kappa shape index (κ2) is 9.33. The van der Waals surface area contributed by atoms with Crippen LogP contribution in [0, 0.1) is 11.3 Å². The van der Waals surface area contributed by atoms with Gasteiger partial charge in [0.05, 0.1) is 0 Å². The summed E-state index contributed by atoms with van der Waals surface area (Å²) in [7, 11) is 0. The SMILES string of the molecule is CSc1cccc(N/C=C(/C#N)C(=O)N2CCN(CCN)CC2)c1. The standard InChI is InChI=1S/C17H23N5OS/c1-24-16-4-2-3-15(11-16)20-13-14(12-19)17(23)22-9-7-21(6-5-18)8-10-22/h2-4,11,13,20H,5-10,18H2,1H3/b14-13-. The summed E-state index contributed by atoms with van der Waals surface area (Å²) in [6.07, 6.45) is 3.50. The summed E-state index contributed by atoms with van der Waals surface area (Å²) in [6.45, 7) is 4.31. The number of nitrogens with two attached hydrogens (primary N) is 1. The largest absolute Gasteiger partial charge is 0.360 e. The summed E-state index contributed by atoms with van der Waals surface area (Å²) in [6, 6.07) is 9.83. The lowest BCUT2D eigenvalue weighted by atomic mass is 10.2. The van der Waals surface area contributed by atoms with Crippen LogP contribution in [0.4, 0.5) is 5.69 Å². The van der Waals surface area contributed by atoms with Crippen molar-refractivity contribution < 1.29 is 4.79 Å². The van der Waals surface area contributed by atoms with Gasteiger partial charge in [-0.2, -0.15) is 5.26 Å². The molecule has 6 nitrogen and oxygen atoms in total. The average molecular weight is 345 g/mol. The topological polar surface area (TPSA) is 85.4 Å². The van der Waals surface area contributed by atoms with Crippen LogP contribution in [-0.4, -0.2) is 61.2 Å². The van der Waals surface area contributed by atoms with E-state index in [4.69, 9.17) is 5.73 Å². The highest BCUT2D eigenvalue weighted by atomic mass is 32.2. The van der Waals surface area contributed by atoms with E-state index < -0.39 is 0 Å². The predicted molar refractivity (Wildman–Crippen MR) is 97.6 cm³/mol. The number of nitriles is 1. The molecule has 0 aromatic heterocycles. The van der Waals surface area contributed by atoms with Gasteiger partial charge in [-0.15, -0.1) is 11.8 Å². The first-order valence-electron chi connectivity index (χ1n) is 7.90. The van der Waals surface area contributed by atoms with Crippen LogP contribution in [0.15, 0.2) is 40.9 Å². The van der Waals surface area contributed by atoms with E-state index in [1.807, 2.05) is 36.6 Å². The Bertz CT molecular complexity index is 632. The Kier molecular flexibility index (Phi) is 7.12. The van der Waals surface area contributed by atoms with Crippen molar-refractivity contribution in [1.29, 1.82) is 5.26 Å². The van der Waals surface area contributed by atoms with Gasteiger partial charge in [-0.05, 0) is 24.5 Å². The maximum Gasteiger partial charge on any atom is 0.266 e. The summed E-state index contributed by atoms with van der Waals surface area (Å²) in [5.74, 6) is -0.224. The normalized spacial score (nSPS) is 15.9. The number of piperazine rings is 1. The van der Waals surface area contributed by atoms with Gasteiger partial charge in [-0.25, -0.2) is 0 Å². The van der Waals surface area contributed by atoms with E-state index in [0.717, 1.165) is 30.2 Å². The quantitative estimate of drug-likeness (QED) is 0.460. The monoisotopic (exact) mass is 345 g/mol. The molecule has 0 aliphatic carbocycles. The summed E-state index contributed by atoms with van der Waals surface area (Å²) in [5.41, 5.74) is 6.53. The van der Waals surface area contributed by atoms with Crippen molar-refractivity contribution in [2.75, 3.05) is 50.8 Å². The molecule has 0 atom stereocenters. The zero-order chi connectivity index (χ0) is 17.4. The van der Waals surface area contributed by atoms with E-state index >= 15 is 0 Å². The molecule has 1 heterocycles. The Morgan fingerprint density at radius 3 is 2.79 bits per heavy atom. The van der Waals surface area contributed by atoms with Crippen LogP contribution < -0.4 is 11.1 Å². The molecule has 0 spiro atoms. The van der Waals surface area contributed by atoms with E-state index in [2.05, 4.69) is 10.2 Å². The summed E-state index contributed by atoms with van der Waals surface area (Å²) < 4.78 is 0. The zero-order valence-electron chi connectivity index (χ0n) is 13.9. The number of carbonyl (C=O) groups is 1. The van der Waals surface area contributed by atoms with E-state index in [1.54, 1.807) is 16.7 Å². The number of anilines is 1. The fourth-order valence-electron chi connectivity index (χ4n) is 2.54. The second-order valence-corrected chi connectivity index (χ2v) is 6.35. The third-order valence-electron chi connectivity index (χ3n) is 3.91. The molecule has 1 fully saturated rings. The zero-order valence-corrected chi connectivity index (χ0v) is 14.7. The Morgan fingerprint density at radius 1 is 1.42 bits per heavy atom. The first kappa shape index (κ1) is 18.3. The molecule has 24 heavy (non-hydrogen) atoms. The number of benzene rings is 1. The number of nitrogens with zero attached hydrogens (tertiary/aromatic N) is 3. The van der Waals surface area contributed by atoms with Crippen molar-refractivity contribution in [2.45, 2.75) is 4.90 Å². The summed E-state index contributed by atoms with van der Waals surface area (Å²) in [5, 5.41) is 12.4. The maximum absolute atomic E-state index is 12.5. The highest BCUT2D eigenvalue weighted by molar-refractivity contribution is 7.98. The Hall–Kier alpha value is -2.01. The van der Waals surface area contributed by atoms with Crippen molar-refractivity contribution >= 4 is 23.4 Å². The molecule has 1 aliphatic rings. The molecule has 1 amide bonds. The minimum Gasteiger partial charge on any atom is -0.360 e. The van der Waals surface area contributed by atoms with Gasteiger partial charge in [0.15, 0.2) is 0 Å². The molecule has 1 aromatic rings. The van der Waals surface area contributed by atoms with E-state index in [-0.39, 0.29) is 11.5 Å². The minimum absolute atomic E-state index is 0.122. The third-order valence-corrected chi connectivity index (χ3v) is 4.63. The van der Waals surface area contributed by atoms with Crippen LogP contribution in [0.25, 0.3) is 0 Å². The van der Waals surface area contributed by atoms with Gasteiger partial charge < -0.3 is 16.0 Å². The molecular weight excluding hydrogens is 322 g/mol. The lowest BCUT2D eigenvalue weighted by Gasteiger charge is -2.34. The molecule has 1 aromatic carbocycles. The molecule has 1 aliphatic heterocycles. The highest BCUT2D eigenvalue weighted by Gasteiger charge is 2.23. The van der Waals surface area contributed by atoms with Gasteiger partial charge in [0.2, 0.25) is 0 Å². The van der Waals surface area contributed by atoms with Crippen molar-refractivity contribution in [3.05, 3.63) is 36.0 Å². The molecule has 0 unspecified atom stereocenters. The van der Waals surface area contributed by atoms with E-state index in [9.17, 15) is 10.1 Å². The van der Waals surface area contributed by atoms with Gasteiger partial charge in [0, 0.05) is 56.1 Å². The lowest BCUT2D eigenvalue weighted by molar-refractivity contribution is -0.128. The molecule has 0 radical (unpaired) electrons. The second-order valence-electron chi connectivity index (χ2n) is 5.47.